The fraction of sp³-hybridized carbons (Fsp3) is 0.250. The maximum atomic E-state index is 13.7. The lowest BCUT2D eigenvalue weighted by Crippen LogP contribution is -2.09. The summed E-state index contributed by atoms with van der Waals surface area (Å²) in [5, 5.41) is 0. The van der Waals surface area contributed by atoms with Gasteiger partial charge in [0.15, 0.2) is 0 Å². The molecule has 0 unspecified atom stereocenters. The molecule has 0 aromatic heterocycles. The summed E-state index contributed by atoms with van der Waals surface area (Å²) in [7, 11) is 0. The van der Waals surface area contributed by atoms with Crippen molar-refractivity contribution in [1.29, 1.82) is 0 Å². The highest BCUT2D eigenvalue weighted by atomic mass is 79.9. The quantitative estimate of drug-likeness (QED) is 0.891. The van der Waals surface area contributed by atoms with Gasteiger partial charge in [-0.2, -0.15) is 0 Å². The van der Waals surface area contributed by atoms with Gasteiger partial charge in [-0.15, -0.1) is 0 Å². The van der Waals surface area contributed by atoms with Crippen molar-refractivity contribution in [2.24, 2.45) is 5.73 Å². The van der Waals surface area contributed by atoms with Gasteiger partial charge in [-0.1, -0.05) is 39.7 Å². The minimum atomic E-state index is -0.283. The lowest BCUT2D eigenvalue weighted by Gasteiger charge is -2.15. The van der Waals surface area contributed by atoms with E-state index in [1.165, 1.54) is 6.07 Å². The standard InChI is InChI=1S/C16H17BrFNO/c1-10-3-6-16(14(7-10)11(2)19)20-9-12-4-5-13(17)8-15(12)18/h3-8,11H,9,19H2,1-2H3/t11-/m1/s1. The van der Waals surface area contributed by atoms with Gasteiger partial charge in [-0.3, -0.25) is 0 Å². The molecule has 0 heterocycles. The molecule has 0 aliphatic heterocycles. The molecule has 0 radical (unpaired) electrons. The molecular weight excluding hydrogens is 321 g/mol. The Morgan fingerprint density at radius 2 is 2.00 bits per heavy atom. The van der Waals surface area contributed by atoms with Gasteiger partial charge in [0, 0.05) is 21.6 Å². The highest BCUT2D eigenvalue weighted by molar-refractivity contribution is 9.10. The second kappa shape index (κ2) is 6.37. The largest absolute Gasteiger partial charge is 0.488 e. The first-order valence-electron chi connectivity index (χ1n) is 6.40. The normalized spacial score (nSPS) is 12.2. The molecule has 2 N–H and O–H groups in total. The van der Waals surface area contributed by atoms with Crippen LogP contribution in [0.2, 0.25) is 0 Å². The van der Waals surface area contributed by atoms with Gasteiger partial charge in [0.25, 0.3) is 0 Å². The zero-order valence-electron chi connectivity index (χ0n) is 11.5. The van der Waals surface area contributed by atoms with Crippen LogP contribution < -0.4 is 10.5 Å². The van der Waals surface area contributed by atoms with Crippen LogP contribution in [-0.2, 0) is 6.61 Å². The predicted molar refractivity (Wildman–Crippen MR) is 82.2 cm³/mol. The Kier molecular flexibility index (Phi) is 4.78. The summed E-state index contributed by atoms with van der Waals surface area (Å²) in [6, 6.07) is 10.6. The Bertz CT molecular complexity index is 613. The SMILES string of the molecule is Cc1ccc(OCc2ccc(Br)cc2F)c([C@@H](C)N)c1. The summed E-state index contributed by atoms with van der Waals surface area (Å²) in [5.41, 5.74) is 8.52. The van der Waals surface area contributed by atoms with Crippen molar-refractivity contribution in [3.05, 3.63) is 63.4 Å². The molecule has 4 heteroatoms. The molecule has 20 heavy (non-hydrogen) atoms. The van der Waals surface area contributed by atoms with E-state index < -0.39 is 0 Å². The molecule has 2 aromatic carbocycles. The van der Waals surface area contributed by atoms with Crippen LogP contribution in [-0.4, -0.2) is 0 Å². The number of hydrogen-bond acceptors (Lipinski definition) is 2. The third-order valence-electron chi connectivity index (χ3n) is 3.05. The molecule has 2 rings (SSSR count). The fourth-order valence-electron chi connectivity index (χ4n) is 1.95. The van der Waals surface area contributed by atoms with Crippen LogP contribution in [0.25, 0.3) is 0 Å². The monoisotopic (exact) mass is 337 g/mol. The number of aryl methyl sites for hydroxylation is 1. The number of ether oxygens (including phenoxy) is 1. The Hall–Kier alpha value is -1.39. The van der Waals surface area contributed by atoms with Gasteiger partial charge in [-0.05, 0) is 32.0 Å². The second-order valence-corrected chi connectivity index (χ2v) is 5.77. The van der Waals surface area contributed by atoms with E-state index in [1.54, 1.807) is 12.1 Å². The molecule has 0 saturated carbocycles. The van der Waals surface area contributed by atoms with Crippen LogP contribution in [0, 0.1) is 12.7 Å². The van der Waals surface area contributed by atoms with E-state index in [9.17, 15) is 4.39 Å². The molecule has 0 fully saturated rings. The Morgan fingerprint density at radius 3 is 2.65 bits per heavy atom. The summed E-state index contributed by atoms with van der Waals surface area (Å²) in [4.78, 5) is 0. The lowest BCUT2D eigenvalue weighted by atomic mass is 10.1. The minimum absolute atomic E-state index is 0.125. The maximum Gasteiger partial charge on any atom is 0.130 e. The topological polar surface area (TPSA) is 35.2 Å². The number of nitrogens with two attached hydrogens (primary N) is 1. The first-order valence-corrected chi connectivity index (χ1v) is 7.19. The third kappa shape index (κ3) is 3.58. The van der Waals surface area contributed by atoms with Gasteiger partial charge >= 0.3 is 0 Å². The highest BCUT2D eigenvalue weighted by Crippen LogP contribution is 2.26. The van der Waals surface area contributed by atoms with Crippen LogP contribution in [0.4, 0.5) is 4.39 Å². The second-order valence-electron chi connectivity index (χ2n) is 4.85. The van der Waals surface area contributed by atoms with Crippen molar-refractivity contribution < 1.29 is 9.13 Å². The molecule has 0 aliphatic carbocycles. The zero-order valence-corrected chi connectivity index (χ0v) is 13.1. The molecule has 0 spiro atoms. The van der Waals surface area contributed by atoms with E-state index in [0.717, 1.165) is 11.1 Å². The van der Waals surface area contributed by atoms with Crippen molar-refractivity contribution in [2.45, 2.75) is 26.5 Å². The van der Waals surface area contributed by atoms with Crippen molar-refractivity contribution in [3.63, 3.8) is 0 Å². The predicted octanol–water partition coefficient (Wildman–Crippen LogP) is 4.50. The molecule has 0 saturated heterocycles. The number of rotatable bonds is 4. The van der Waals surface area contributed by atoms with Crippen molar-refractivity contribution in [2.75, 3.05) is 0 Å². The van der Waals surface area contributed by atoms with Crippen LogP contribution in [0.3, 0.4) is 0 Å². The molecule has 2 aromatic rings. The Balaban J connectivity index is 2.18. The molecule has 0 bridgehead atoms. The van der Waals surface area contributed by atoms with Crippen molar-refractivity contribution in [3.8, 4) is 5.75 Å². The van der Waals surface area contributed by atoms with Crippen LogP contribution in [0.1, 0.15) is 29.7 Å². The molecule has 106 valence electrons. The van der Waals surface area contributed by atoms with Crippen LogP contribution in [0.5, 0.6) is 5.75 Å². The summed E-state index contributed by atoms with van der Waals surface area (Å²) in [6.07, 6.45) is 0. The van der Waals surface area contributed by atoms with E-state index in [1.807, 2.05) is 32.0 Å². The van der Waals surface area contributed by atoms with E-state index in [-0.39, 0.29) is 18.5 Å². The summed E-state index contributed by atoms with van der Waals surface area (Å²) in [5.74, 6) is 0.418. The average Bonchev–Trinajstić information content (AvgIpc) is 2.38. The smallest absolute Gasteiger partial charge is 0.130 e. The Labute approximate surface area is 126 Å². The van der Waals surface area contributed by atoms with Gasteiger partial charge in [-0.25, -0.2) is 4.39 Å². The summed E-state index contributed by atoms with van der Waals surface area (Å²) >= 11 is 3.23. The first-order chi connectivity index (χ1) is 9.47. The molecule has 1 atom stereocenters. The van der Waals surface area contributed by atoms with Gasteiger partial charge < -0.3 is 10.5 Å². The van der Waals surface area contributed by atoms with E-state index in [0.29, 0.717) is 15.8 Å². The maximum absolute atomic E-state index is 13.7. The number of benzene rings is 2. The van der Waals surface area contributed by atoms with Gasteiger partial charge in [0.2, 0.25) is 0 Å². The molecule has 2 nitrogen and oxygen atoms in total. The van der Waals surface area contributed by atoms with E-state index in [4.69, 9.17) is 10.5 Å². The number of halogens is 2. The summed E-state index contributed by atoms with van der Waals surface area (Å²) in [6.45, 7) is 4.09. The first kappa shape index (κ1) is 15.0. The lowest BCUT2D eigenvalue weighted by molar-refractivity contribution is 0.295. The molecular formula is C16H17BrFNO. The van der Waals surface area contributed by atoms with E-state index >= 15 is 0 Å². The van der Waals surface area contributed by atoms with Crippen LogP contribution in [0.15, 0.2) is 40.9 Å². The molecule has 0 aliphatic rings. The Morgan fingerprint density at radius 1 is 1.25 bits per heavy atom. The van der Waals surface area contributed by atoms with Gasteiger partial charge in [0.1, 0.15) is 18.2 Å². The summed E-state index contributed by atoms with van der Waals surface area (Å²) < 4.78 is 20.2. The molecule has 0 amide bonds. The zero-order chi connectivity index (χ0) is 14.7. The minimum Gasteiger partial charge on any atom is -0.488 e. The van der Waals surface area contributed by atoms with Gasteiger partial charge in [0.05, 0.1) is 0 Å². The average molecular weight is 338 g/mol. The van der Waals surface area contributed by atoms with Crippen molar-refractivity contribution >= 4 is 15.9 Å². The fourth-order valence-corrected chi connectivity index (χ4v) is 2.28. The number of hydrogen-bond donors (Lipinski definition) is 1. The third-order valence-corrected chi connectivity index (χ3v) is 3.55. The highest BCUT2D eigenvalue weighted by Gasteiger charge is 2.10. The van der Waals surface area contributed by atoms with Crippen LogP contribution >= 0.6 is 15.9 Å². The van der Waals surface area contributed by atoms with E-state index in [2.05, 4.69) is 15.9 Å². The van der Waals surface area contributed by atoms with Crippen molar-refractivity contribution in [1.82, 2.24) is 0 Å².